The molecular formula is C19H31NO2. The molecular weight excluding hydrogens is 274 g/mol. The highest BCUT2D eigenvalue weighted by Crippen LogP contribution is 2.27. The van der Waals surface area contributed by atoms with Crippen molar-refractivity contribution in [2.45, 2.75) is 65.7 Å². The first-order chi connectivity index (χ1) is 10.3. The molecule has 0 aromatic heterocycles. The second-order valence-corrected chi connectivity index (χ2v) is 6.70. The Kier molecular flexibility index (Phi) is 7.60. The van der Waals surface area contributed by atoms with Crippen LogP contribution < -0.4 is 5.32 Å². The number of rotatable bonds is 6. The SMILES string of the molecule is C=C/C(C)=C/C[C@@H]1O[C@H](C)[C@H](NC(=O)/C=C\C(C)C)C[C@@H]1C. The van der Waals surface area contributed by atoms with Gasteiger partial charge in [-0.05, 0) is 44.6 Å². The summed E-state index contributed by atoms with van der Waals surface area (Å²) in [5.74, 6) is 0.778. The molecule has 3 nitrogen and oxygen atoms in total. The van der Waals surface area contributed by atoms with Gasteiger partial charge in [0.25, 0.3) is 0 Å². The Hall–Kier alpha value is -1.35. The summed E-state index contributed by atoms with van der Waals surface area (Å²) in [6.07, 6.45) is 9.68. The van der Waals surface area contributed by atoms with E-state index in [0.717, 1.165) is 12.8 Å². The van der Waals surface area contributed by atoms with Gasteiger partial charge in [-0.25, -0.2) is 0 Å². The summed E-state index contributed by atoms with van der Waals surface area (Å²) in [5, 5.41) is 3.07. The van der Waals surface area contributed by atoms with Crippen molar-refractivity contribution in [3.05, 3.63) is 36.5 Å². The fourth-order valence-corrected chi connectivity index (χ4v) is 2.61. The van der Waals surface area contributed by atoms with Gasteiger partial charge in [-0.2, -0.15) is 0 Å². The Balaban J connectivity index is 2.55. The van der Waals surface area contributed by atoms with Crippen LogP contribution in [-0.4, -0.2) is 24.2 Å². The Morgan fingerprint density at radius 1 is 1.41 bits per heavy atom. The number of allylic oxidation sites excluding steroid dienone is 3. The van der Waals surface area contributed by atoms with Gasteiger partial charge >= 0.3 is 0 Å². The van der Waals surface area contributed by atoms with E-state index in [-0.39, 0.29) is 24.2 Å². The second-order valence-electron chi connectivity index (χ2n) is 6.70. The predicted molar refractivity (Wildman–Crippen MR) is 92.6 cm³/mol. The Bertz CT molecular complexity index is 437. The molecule has 0 unspecified atom stereocenters. The molecule has 3 heteroatoms. The molecule has 0 saturated carbocycles. The predicted octanol–water partition coefficient (Wildman–Crippen LogP) is 4.02. The number of ether oxygens (including phenoxy) is 1. The van der Waals surface area contributed by atoms with Gasteiger partial charge < -0.3 is 10.1 Å². The van der Waals surface area contributed by atoms with Crippen LogP contribution in [0, 0.1) is 11.8 Å². The molecule has 22 heavy (non-hydrogen) atoms. The van der Waals surface area contributed by atoms with E-state index in [1.165, 1.54) is 5.57 Å². The maximum Gasteiger partial charge on any atom is 0.243 e. The monoisotopic (exact) mass is 305 g/mol. The molecule has 4 atom stereocenters. The minimum Gasteiger partial charge on any atom is -0.373 e. The molecule has 1 saturated heterocycles. The van der Waals surface area contributed by atoms with Gasteiger partial charge in [0.05, 0.1) is 18.2 Å². The molecule has 1 aliphatic rings. The molecule has 1 amide bonds. The van der Waals surface area contributed by atoms with Crippen LogP contribution >= 0.6 is 0 Å². The van der Waals surface area contributed by atoms with Gasteiger partial charge in [-0.3, -0.25) is 4.79 Å². The van der Waals surface area contributed by atoms with Gasteiger partial charge in [-0.15, -0.1) is 0 Å². The van der Waals surface area contributed by atoms with E-state index >= 15 is 0 Å². The lowest BCUT2D eigenvalue weighted by atomic mass is 9.88. The first-order valence-electron chi connectivity index (χ1n) is 8.26. The van der Waals surface area contributed by atoms with Crippen molar-refractivity contribution < 1.29 is 9.53 Å². The van der Waals surface area contributed by atoms with E-state index < -0.39 is 0 Å². The van der Waals surface area contributed by atoms with Crippen LogP contribution in [-0.2, 0) is 9.53 Å². The van der Waals surface area contributed by atoms with E-state index in [4.69, 9.17) is 4.74 Å². The van der Waals surface area contributed by atoms with Crippen LogP contribution in [0.5, 0.6) is 0 Å². The van der Waals surface area contributed by atoms with Crippen LogP contribution in [0.4, 0.5) is 0 Å². The minimum atomic E-state index is -0.0257. The summed E-state index contributed by atoms with van der Waals surface area (Å²) < 4.78 is 6.11. The van der Waals surface area contributed by atoms with Gasteiger partial charge in [0, 0.05) is 0 Å². The molecule has 0 spiro atoms. The molecule has 1 rings (SSSR count). The smallest absolute Gasteiger partial charge is 0.243 e. The van der Waals surface area contributed by atoms with Crippen molar-refractivity contribution in [3.8, 4) is 0 Å². The third-order valence-electron chi connectivity index (χ3n) is 4.17. The Morgan fingerprint density at radius 2 is 2.09 bits per heavy atom. The number of hydrogen-bond acceptors (Lipinski definition) is 2. The van der Waals surface area contributed by atoms with Crippen LogP contribution in [0.15, 0.2) is 36.5 Å². The van der Waals surface area contributed by atoms with Crippen LogP contribution in [0.1, 0.15) is 47.5 Å². The number of hydrogen-bond donors (Lipinski definition) is 1. The highest BCUT2D eigenvalue weighted by atomic mass is 16.5. The van der Waals surface area contributed by atoms with E-state index in [0.29, 0.717) is 11.8 Å². The maximum atomic E-state index is 11.9. The number of carbonyl (C=O) groups is 1. The molecule has 1 aliphatic heterocycles. The summed E-state index contributed by atoms with van der Waals surface area (Å²) in [6, 6.07) is 0.0834. The number of amides is 1. The van der Waals surface area contributed by atoms with Crippen molar-refractivity contribution in [1.29, 1.82) is 0 Å². The van der Waals surface area contributed by atoms with E-state index in [1.54, 1.807) is 6.08 Å². The third-order valence-corrected chi connectivity index (χ3v) is 4.17. The lowest BCUT2D eigenvalue weighted by Gasteiger charge is -2.39. The van der Waals surface area contributed by atoms with Crippen molar-refractivity contribution in [3.63, 3.8) is 0 Å². The summed E-state index contributed by atoms with van der Waals surface area (Å²) in [5.41, 5.74) is 1.18. The van der Waals surface area contributed by atoms with E-state index in [9.17, 15) is 4.79 Å². The van der Waals surface area contributed by atoms with Crippen molar-refractivity contribution >= 4 is 5.91 Å². The minimum absolute atomic E-state index is 0.0257. The van der Waals surface area contributed by atoms with Crippen LogP contribution in [0.3, 0.4) is 0 Å². The molecule has 0 aliphatic carbocycles. The lowest BCUT2D eigenvalue weighted by Crippen LogP contribution is -2.50. The zero-order chi connectivity index (χ0) is 16.7. The third kappa shape index (κ3) is 6.18. The van der Waals surface area contributed by atoms with Crippen LogP contribution in [0.25, 0.3) is 0 Å². The van der Waals surface area contributed by atoms with Crippen molar-refractivity contribution in [1.82, 2.24) is 5.32 Å². The Morgan fingerprint density at radius 3 is 2.68 bits per heavy atom. The lowest BCUT2D eigenvalue weighted by molar-refractivity contribution is -0.123. The first-order valence-corrected chi connectivity index (χ1v) is 8.26. The van der Waals surface area contributed by atoms with Gasteiger partial charge in [0.1, 0.15) is 0 Å². The number of nitrogens with one attached hydrogen (secondary N) is 1. The van der Waals surface area contributed by atoms with Crippen molar-refractivity contribution in [2.75, 3.05) is 0 Å². The molecule has 0 bridgehead atoms. The molecule has 0 radical (unpaired) electrons. The molecule has 124 valence electrons. The largest absolute Gasteiger partial charge is 0.373 e. The zero-order valence-electron chi connectivity index (χ0n) is 14.6. The summed E-state index contributed by atoms with van der Waals surface area (Å²) in [4.78, 5) is 11.9. The van der Waals surface area contributed by atoms with Gasteiger partial charge in [0.15, 0.2) is 0 Å². The normalized spacial score (nSPS) is 29.8. The average molecular weight is 305 g/mol. The average Bonchev–Trinajstić information content (AvgIpc) is 2.46. The summed E-state index contributed by atoms with van der Waals surface area (Å²) in [6.45, 7) is 14.2. The van der Waals surface area contributed by atoms with Gasteiger partial charge in [0.2, 0.25) is 5.91 Å². The molecule has 1 heterocycles. The molecule has 1 fully saturated rings. The van der Waals surface area contributed by atoms with Crippen LogP contribution in [0.2, 0.25) is 0 Å². The first kappa shape index (κ1) is 18.7. The quantitative estimate of drug-likeness (QED) is 0.594. The highest BCUT2D eigenvalue weighted by molar-refractivity contribution is 5.87. The highest BCUT2D eigenvalue weighted by Gasteiger charge is 2.33. The van der Waals surface area contributed by atoms with Crippen molar-refractivity contribution in [2.24, 2.45) is 11.8 Å². The summed E-state index contributed by atoms with van der Waals surface area (Å²) in [7, 11) is 0. The standard InChI is InChI=1S/C19H31NO2/c1-7-14(4)9-10-18-15(5)12-17(16(6)22-18)20-19(21)11-8-13(2)3/h7-9,11,13,15-18H,1,10,12H2,2-6H3,(H,20,21)/b11-8-,14-9+/t15-,16+,17+,18-/m0/s1. The fraction of sp³-hybridized carbons (Fsp3) is 0.632. The van der Waals surface area contributed by atoms with Gasteiger partial charge in [-0.1, -0.05) is 51.2 Å². The number of carbonyl (C=O) groups excluding carboxylic acids is 1. The molecule has 0 aromatic carbocycles. The molecule has 0 aromatic rings. The summed E-state index contributed by atoms with van der Waals surface area (Å²) >= 11 is 0. The Labute approximate surface area is 135 Å². The topological polar surface area (TPSA) is 38.3 Å². The van der Waals surface area contributed by atoms with E-state index in [2.05, 4.69) is 38.7 Å². The second kappa shape index (κ2) is 8.94. The molecule has 1 N–H and O–H groups in total. The van der Waals surface area contributed by atoms with E-state index in [1.807, 2.05) is 26.0 Å². The maximum absolute atomic E-state index is 11.9. The zero-order valence-corrected chi connectivity index (χ0v) is 14.6. The fourth-order valence-electron chi connectivity index (χ4n) is 2.61.